The molecule has 2 rings (SSSR count). The summed E-state index contributed by atoms with van der Waals surface area (Å²) in [6.45, 7) is 2.88. The third-order valence-corrected chi connectivity index (χ3v) is 2.64. The molecule has 1 aromatic rings. The number of hydroxylamine groups is 1. The fourth-order valence-electron chi connectivity index (χ4n) is 1.68. The molecule has 1 aromatic carbocycles. The predicted molar refractivity (Wildman–Crippen MR) is 64.0 cm³/mol. The van der Waals surface area contributed by atoms with Crippen molar-refractivity contribution in [1.29, 1.82) is 0 Å². The second-order valence-corrected chi connectivity index (χ2v) is 4.00. The molecular formula is C12H17N3O. The minimum atomic E-state index is -0.454. The number of aliphatic imine (C=N–C) groups is 1. The molecule has 0 bridgehead atoms. The SMILES string of the molecule is CNCCC1=NC(C)(c2ccccc2)NO1. The van der Waals surface area contributed by atoms with E-state index in [1.807, 2.05) is 44.3 Å². The normalized spacial score (nSPS) is 24.0. The van der Waals surface area contributed by atoms with Gasteiger partial charge in [0.2, 0.25) is 5.90 Å². The Hall–Kier alpha value is -1.39. The monoisotopic (exact) mass is 219 g/mol. The summed E-state index contributed by atoms with van der Waals surface area (Å²) < 4.78 is 0. The molecule has 1 aliphatic rings. The maximum Gasteiger partial charge on any atom is 0.212 e. The summed E-state index contributed by atoms with van der Waals surface area (Å²) in [4.78, 5) is 9.96. The van der Waals surface area contributed by atoms with Crippen LogP contribution in [0.2, 0.25) is 0 Å². The molecule has 86 valence electrons. The molecule has 0 saturated carbocycles. The van der Waals surface area contributed by atoms with Crippen molar-refractivity contribution < 1.29 is 4.84 Å². The Morgan fingerprint density at radius 2 is 2.12 bits per heavy atom. The Balaban J connectivity index is 2.13. The average molecular weight is 219 g/mol. The summed E-state index contributed by atoms with van der Waals surface area (Å²) in [5, 5.41) is 3.07. The zero-order valence-electron chi connectivity index (χ0n) is 9.66. The molecule has 4 heteroatoms. The van der Waals surface area contributed by atoms with E-state index in [0.717, 1.165) is 24.4 Å². The summed E-state index contributed by atoms with van der Waals surface area (Å²) in [7, 11) is 1.92. The van der Waals surface area contributed by atoms with Crippen LogP contribution in [0.3, 0.4) is 0 Å². The van der Waals surface area contributed by atoms with Gasteiger partial charge in [-0.05, 0) is 19.5 Å². The van der Waals surface area contributed by atoms with Crippen LogP contribution >= 0.6 is 0 Å². The number of nitrogens with zero attached hydrogens (tertiary/aromatic N) is 1. The Labute approximate surface area is 95.7 Å². The van der Waals surface area contributed by atoms with Gasteiger partial charge in [-0.1, -0.05) is 30.3 Å². The lowest BCUT2D eigenvalue weighted by molar-refractivity contribution is 0.126. The molecule has 0 amide bonds. The van der Waals surface area contributed by atoms with Gasteiger partial charge in [-0.15, -0.1) is 5.48 Å². The molecule has 16 heavy (non-hydrogen) atoms. The lowest BCUT2D eigenvalue weighted by Crippen LogP contribution is -2.32. The molecule has 2 N–H and O–H groups in total. The van der Waals surface area contributed by atoms with E-state index < -0.39 is 5.66 Å². The van der Waals surface area contributed by atoms with E-state index in [2.05, 4.69) is 15.8 Å². The lowest BCUT2D eigenvalue weighted by atomic mass is 10.0. The van der Waals surface area contributed by atoms with E-state index in [0.29, 0.717) is 0 Å². The topological polar surface area (TPSA) is 45.7 Å². The van der Waals surface area contributed by atoms with Crippen molar-refractivity contribution in [2.45, 2.75) is 19.0 Å². The van der Waals surface area contributed by atoms with Gasteiger partial charge in [-0.2, -0.15) is 0 Å². The first kappa shape index (κ1) is 11.1. The summed E-state index contributed by atoms with van der Waals surface area (Å²) >= 11 is 0. The number of nitrogens with one attached hydrogen (secondary N) is 2. The van der Waals surface area contributed by atoms with Gasteiger partial charge < -0.3 is 10.2 Å². The van der Waals surface area contributed by atoms with Crippen LogP contribution in [-0.2, 0) is 10.5 Å². The van der Waals surface area contributed by atoms with Crippen molar-refractivity contribution in [2.75, 3.05) is 13.6 Å². The number of benzene rings is 1. The van der Waals surface area contributed by atoms with Crippen molar-refractivity contribution in [3.05, 3.63) is 35.9 Å². The van der Waals surface area contributed by atoms with Gasteiger partial charge in [-0.25, -0.2) is 4.99 Å². The molecule has 0 spiro atoms. The Morgan fingerprint density at radius 1 is 1.38 bits per heavy atom. The fraction of sp³-hybridized carbons (Fsp3) is 0.417. The van der Waals surface area contributed by atoms with Crippen LogP contribution in [0, 0.1) is 0 Å². The van der Waals surface area contributed by atoms with E-state index in [-0.39, 0.29) is 0 Å². The van der Waals surface area contributed by atoms with Crippen molar-refractivity contribution >= 4 is 5.90 Å². The van der Waals surface area contributed by atoms with Gasteiger partial charge in [0, 0.05) is 13.0 Å². The van der Waals surface area contributed by atoms with Crippen LogP contribution < -0.4 is 10.8 Å². The minimum Gasteiger partial charge on any atom is -0.391 e. The molecular weight excluding hydrogens is 202 g/mol. The van der Waals surface area contributed by atoms with E-state index in [4.69, 9.17) is 4.84 Å². The molecule has 0 fully saturated rings. The summed E-state index contributed by atoms with van der Waals surface area (Å²) in [6, 6.07) is 10.1. The molecule has 0 aromatic heterocycles. The molecule has 1 heterocycles. The van der Waals surface area contributed by atoms with Crippen molar-refractivity contribution in [3.63, 3.8) is 0 Å². The van der Waals surface area contributed by atoms with Gasteiger partial charge in [-0.3, -0.25) is 0 Å². The number of hydrogen-bond donors (Lipinski definition) is 2. The highest BCUT2D eigenvalue weighted by Gasteiger charge is 2.32. The van der Waals surface area contributed by atoms with Gasteiger partial charge in [0.05, 0.1) is 0 Å². The first-order chi connectivity index (χ1) is 7.74. The maximum atomic E-state index is 5.39. The fourth-order valence-corrected chi connectivity index (χ4v) is 1.68. The Bertz CT molecular complexity index is 377. The highest BCUT2D eigenvalue weighted by molar-refractivity contribution is 5.78. The van der Waals surface area contributed by atoms with Crippen LogP contribution in [0.25, 0.3) is 0 Å². The second-order valence-electron chi connectivity index (χ2n) is 4.00. The molecule has 1 unspecified atom stereocenters. The quantitative estimate of drug-likeness (QED) is 0.804. The predicted octanol–water partition coefficient (Wildman–Crippen LogP) is 1.40. The van der Waals surface area contributed by atoms with E-state index in [9.17, 15) is 0 Å². The van der Waals surface area contributed by atoms with Crippen LogP contribution in [-0.4, -0.2) is 19.5 Å². The summed E-state index contributed by atoms with van der Waals surface area (Å²) in [5.41, 5.74) is 3.63. The molecule has 0 saturated heterocycles. The average Bonchev–Trinajstić information content (AvgIpc) is 2.71. The van der Waals surface area contributed by atoms with E-state index in [1.54, 1.807) is 0 Å². The van der Waals surface area contributed by atoms with Crippen molar-refractivity contribution in [1.82, 2.24) is 10.8 Å². The van der Waals surface area contributed by atoms with Gasteiger partial charge in [0.1, 0.15) is 0 Å². The summed E-state index contributed by atoms with van der Waals surface area (Å²) in [5.74, 6) is 0.751. The zero-order chi connectivity index (χ0) is 11.4. The molecule has 1 atom stereocenters. The zero-order valence-corrected chi connectivity index (χ0v) is 9.66. The summed E-state index contributed by atoms with van der Waals surface area (Å²) in [6.07, 6.45) is 0.798. The second kappa shape index (κ2) is 4.63. The van der Waals surface area contributed by atoms with Crippen molar-refractivity contribution in [2.24, 2.45) is 4.99 Å². The molecule has 1 aliphatic heterocycles. The smallest absolute Gasteiger partial charge is 0.212 e. The molecule has 0 radical (unpaired) electrons. The molecule has 0 aliphatic carbocycles. The molecule has 4 nitrogen and oxygen atoms in total. The van der Waals surface area contributed by atoms with Crippen LogP contribution in [0.15, 0.2) is 35.3 Å². The van der Waals surface area contributed by atoms with Crippen LogP contribution in [0.5, 0.6) is 0 Å². The van der Waals surface area contributed by atoms with Crippen LogP contribution in [0.1, 0.15) is 18.9 Å². The largest absolute Gasteiger partial charge is 0.391 e. The minimum absolute atomic E-state index is 0.454. The third kappa shape index (κ3) is 2.23. The Kier molecular flexibility index (Phi) is 3.22. The Morgan fingerprint density at radius 3 is 2.81 bits per heavy atom. The number of hydrogen-bond acceptors (Lipinski definition) is 4. The highest BCUT2D eigenvalue weighted by atomic mass is 16.7. The first-order valence-corrected chi connectivity index (χ1v) is 5.47. The van der Waals surface area contributed by atoms with E-state index in [1.165, 1.54) is 0 Å². The third-order valence-electron chi connectivity index (χ3n) is 2.64. The van der Waals surface area contributed by atoms with Gasteiger partial charge in [0.25, 0.3) is 0 Å². The highest BCUT2D eigenvalue weighted by Crippen LogP contribution is 2.26. The standard InChI is InChI=1S/C12H17N3O/c1-12(10-6-4-3-5-7-10)14-11(16-15-12)8-9-13-2/h3-7,13,15H,8-9H2,1-2H3. The van der Waals surface area contributed by atoms with Gasteiger partial charge in [0.15, 0.2) is 5.66 Å². The maximum absolute atomic E-state index is 5.39. The van der Waals surface area contributed by atoms with Gasteiger partial charge >= 0.3 is 0 Å². The van der Waals surface area contributed by atoms with Crippen LogP contribution in [0.4, 0.5) is 0 Å². The van der Waals surface area contributed by atoms with Crippen molar-refractivity contribution in [3.8, 4) is 0 Å². The first-order valence-electron chi connectivity index (χ1n) is 5.47. The number of rotatable bonds is 4. The lowest BCUT2D eigenvalue weighted by Gasteiger charge is -2.18. The van der Waals surface area contributed by atoms with E-state index >= 15 is 0 Å².